The zero-order chi connectivity index (χ0) is 9.44. The van der Waals surface area contributed by atoms with E-state index in [9.17, 15) is 0 Å². The smallest absolute Gasteiger partial charge is 0.296 e. The highest BCUT2D eigenvalue weighted by molar-refractivity contribution is 8.20. The first-order valence-electron chi connectivity index (χ1n) is 3.39. The minimum absolute atomic E-state index is 0.500. The largest absolute Gasteiger partial charge is 0.658 e. The molecule has 0 fully saturated rings. The van der Waals surface area contributed by atoms with Gasteiger partial charge in [0.2, 0.25) is 0 Å². The van der Waals surface area contributed by atoms with Gasteiger partial charge in [0.1, 0.15) is 33.7 Å². The van der Waals surface area contributed by atoms with Gasteiger partial charge in [0.15, 0.2) is 0 Å². The summed E-state index contributed by atoms with van der Waals surface area (Å²) in [6.45, 7) is 8.39. The van der Waals surface area contributed by atoms with Crippen LogP contribution in [0.2, 0.25) is 0 Å². The third kappa shape index (κ3) is 34.9. The summed E-state index contributed by atoms with van der Waals surface area (Å²) in [6, 6.07) is 1.000. The molecule has 0 amide bonds. The standard InChI is InChI=1S/C6H14N.Cl3P/c1-5(2)7-6(3)4;1-4(2)3/h5-6H,1-4H3;/q-1;/p+1. The summed E-state index contributed by atoms with van der Waals surface area (Å²) in [6.07, 6.45) is 0. The summed E-state index contributed by atoms with van der Waals surface area (Å²) in [5, 5.41) is 4.28. The molecule has 0 unspecified atom stereocenters. The number of halogens is 3. The van der Waals surface area contributed by atoms with Crippen molar-refractivity contribution < 1.29 is 0 Å². The first kappa shape index (κ1) is 14.8. The van der Waals surface area contributed by atoms with Crippen molar-refractivity contribution in [1.82, 2.24) is 0 Å². The lowest BCUT2D eigenvalue weighted by Gasteiger charge is -2.28. The molecule has 0 rings (SSSR count). The van der Waals surface area contributed by atoms with Crippen molar-refractivity contribution >= 4 is 39.7 Å². The van der Waals surface area contributed by atoms with Crippen molar-refractivity contribution in [2.24, 2.45) is 0 Å². The summed E-state index contributed by atoms with van der Waals surface area (Å²) < 4.78 is 0. The van der Waals surface area contributed by atoms with E-state index in [2.05, 4.69) is 33.0 Å². The molecule has 0 saturated heterocycles. The number of rotatable bonds is 2. The van der Waals surface area contributed by atoms with Crippen LogP contribution in [0.3, 0.4) is 0 Å². The highest BCUT2D eigenvalue weighted by atomic mass is 36.0. The van der Waals surface area contributed by atoms with Crippen LogP contribution in [0.1, 0.15) is 27.7 Å². The van der Waals surface area contributed by atoms with Crippen LogP contribution >= 0.6 is 39.7 Å². The molecule has 0 aromatic rings. The molecule has 5 heteroatoms. The van der Waals surface area contributed by atoms with E-state index in [1.54, 1.807) is 0 Å². The Morgan fingerprint density at radius 3 is 1.09 bits per heavy atom. The van der Waals surface area contributed by atoms with E-state index in [1.807, 2.05) is 0 Å². The van der Waals surface area contributed by atoms with Crippen LogP contribution in [-0.2, 0) is 0 Å². The van der Waals surface area contributed by atoms with E-state index in [1.165, 1.54) is 0 Å². The van der Waals surface area contributed by atoms with Crippen molar-refractivity contribution in [2.75, 3.05) is 0 Å². The summed E-state index contributed by atoms with van der Waals surface area (Å²) in [7, 11) is 0. The minimum atomic E-state index is -1.46. The molecular weight excluding hydrogens is 223 g/mol. The SMILES string of the molecule is CC(C)[N-]C(C)C.Cl[PH+](Cl)Cl. The van der Waals surface area contributed by atoms with Crippen LogP contribution in [0.15, 0.2) is 0 Å². The Morgan fingerprint density at radius 2 is 1.09 bits per heavy atom. The molecule has 0 N–H and O–H groups in total. The fourth-order valence-corrected chi connectivity index (χ4v) is 0.596. The van der Waals surface area contributed by atoms with E-state index in [-0.39, 0.29) is 0 Å². The van der Waals surface area contributed by atoms with Crippen LogP contribution in [0, 0.1) is 0 Å². The molecule has 0 spiro atoms. The Morgan fingerprint density at radius 1 is 0.909 bits per heavy atom. The van der Waals surface area contributed by atoms with E-state index >= 15 is 0 Å². The van der Waals surface area contributed by atoms with Gasteiger partial charge < -0.3 is 5.32 Å². The molecule has 0 aliphatic heterocycles. The molecule has 0 saturated carbocycles. The second-order valence-corrected chi connectivity index (χ2v) is 8.12. The van der Waals surface area contributed by atoms with Crippen LogP contribution in [0.25, 0.3) is 5.32 Å². The van der Waals surface area contributed by atoms with Crippen LogP contribution in [-0.4, -0.2) is 12.1 Å². The molecule has 70 valence electrons. The predicted octanol–water partition coefficient (Wildman–Crippen LogP) is 4.84. The monoisotopic (exact) mass is 237 g/mol. The summed E-state index contributed by atoms with van der Waals surface area (Å²) in [5.41, 5.74) is 0. The van der Waals surface area contributed by atoms with Gasteiger partial charge in [0.05, 0.1) is 0 Å². The second kappa shape index (κ2) is 9.35. The zero-order valence-corrected chi connectivity index (χ0v) is 10.5. The molecular formula is C6H15Cl3NP. The lowest BCUT2D eigenvalue weighted by Crippen LogP contribution is -2.01. The minimum Gasteiger partial charge on any atom is -0.658 e. The van der Waals surface area contributed by atoms with Crippen molar-refractivity contribution in [3.05, 3.63) is 5.32 Å². The predicted molar refractivity (Wildman–Crippen MR) is 59.5 cm³/mol. The van der Waals surface area contributed by atoms with Crippen LogP contribution < -0.4 is 0 Å². The maximum atomic E-state index is 4.91. The van der Waals surface area contributed by atoms with Gasteiger partial charge in [-0.2, -0.15) is 0 Å². The highest BCUT2D eigenvalue weighted by Gasteiger charge is 1.95. The Kier molecular flexibility index (Phi) is 12.5. The Bertz CT molecular complexity index is 69.5. The molecule has 0 aromatic heterocycles. The molecule has 0 atom stereocenters. The van der Waals surface area contributed by atoms with Crippen LogP contribution in [0.4, 0.5) is 0 Å². The van der Waals surface area contributed by atoms with E-state index in [0.717, 1.165) is 0 Å². The Hall–Kier alpha value is 1.26. The average molecular weight is 239 g/mol. The summed E-state index contributed by atoms with van der Waals surface area (Å²) in [5.74, 6) is -1.46. The van der Waals surface area contributed by atoms with E-state index < -0.39 is 5.98 Å². The van der Waals surface area contributed by atoms with E-state index in [4.69, 9.17) is 33.7 Å². The second-order valence-electron chi connectivity index (χ2n) is 2.55. The van der Waals surface area contributed by atoms with Crippen molar-refractivity contribution in [3.8, 4) is 0 Å². The van der Waals surface area contributed by atoms with Gasteiger partial charge in [0.25, 0.3) is 5.98 Å². The maximum Gasteiger partial charge on any atom is 0.296 e. The molecule has 0 bridgehead atoms. The molecule has 0 radical (unpaired) electrons. The fourth-order valence-electron chi connectivity index (χ4n) is 0.596. The molecule has 0 aliphatic rings. The van der Waals surface area contributed by atoms with Crippen molar-refractivity contribution in [1.29, 1.82) is 0 Å². The van der Waals surface area contributed by atoms with Gasteiger partial charge in [0, 0.05) is 0 Å². The maximum absolute atomic E-state index is 4.91. The lowest BCUT2D eigenvalue weighted by atomic mass is 10.3. The van der Waals surface area contributed by atoms with Crippen molar-refractivity contribution in [3.63, 3.8) is 0 Å². The normalized spacial score (nSPS) is 10.4. The average Bonchev–Trinajstić information content (AvgIpc) is 1.56. The molecule has 1 nitrogen and oxygen atoms in total. The van der Waals surface area contributed by atoms with Gasteiger partial charge in [-0.05, 0) is 0 Å². The van der Waals surface area contributed by atoms with Gasteiger partial charge in [-0.25, -0.2) is 0 Å². The highest BCUT2D eigenvalue weighted by Crippen LogP contribution is 2.51. The topological polar surface area (TPSA) is 14.1 Å². The molecule has 0 heterocycles. The first-order chi connectivity index (χ1) is 4.86. The molecule has 0 aromatic carbocycles. The molecule has 0 aliphatic carbocycles. The molecule has 11 heavy (non-hydrogen) atoms. The van der Waals surface area contributed by atoms with Gasteiger partial charge in [-0.3, -0.25) is 0 Å². The third-order valence-corrected chi connectivity index (χ3v) is 0.596. The summed E-state index contributed by atoms with van der Waals surface area (Å²) >= 11 is 14.7. The first-order valence-corrected chi connectivity index (χ1v) is 7.93. The van der Waals surface area contributed by atoms with Gasteiger partial charge >= 0.3 is 0 Å². The van der Waals surface area contributed by atoms with Gasteiger partial charge in [-0.15, -0.1) is 12.1 Å². The lowest BCUT2D eigenvalue weighted by molar-refractivity contribution is 0.789. The third-order valence-electron chi connectivity index (χ3n) is 0.596. The quantitative estimate of drug-likeness (QED) is 0.611. The Labute approximate surface area is 84.9 Å². The number of nitrogens with zero attached hydrogens (tertiary/aromatic N) is 1. The van der Waals surface area contributed by atoms with Crippen molar-refractivity contribution in [2.45, 2.75) is 39.8 Å². The zero-order valence-electron chi connectivity index (χ0n) is 7.24. The summed E-state index contributed by atoms with van der Waals surface area (Å²) in [4.78, 5) is 0. The van der Waals surface area contributed by atoms with E-state index in [0.29, 0.717) is 12.1 Å². The fraction of sp³-hybridized carbons (Fsp3) is 1.00. The number of hydrogen-bond acceptors (Lipinski definition) is 0. The van der Waals surface area contributed by atoms with Gasteiger partial charge in [-0.1, -0.05) is 27.7 Å². The number of hydrogen-bond donors (Lipinski definition) is 0. The Balaban J connectivity index is 0. The van der Waals surface area contributed by atoms with Crippen LogP contribution in [0.5, 0.6) is 0 Å².